The average Bonchev–Trinajstić information content (AvgIpc) is 3.30. The molecule has 0 atom stereocenters. The number of ether oxygens (including phenoxy) is 2. The van der Waals surface area contributed by atoms with Crippen molar-refractivity contribution in [3.05, 3.63) is 68.4 Å². The minimum absolute atomic E-state index is 0.0419. The molecule has 2 heterocycles. The Morgan fingerprint density at radius 1 is 1.13 bits per heavy atom. The number of H-pyrrole nitrogens is 1. The molecule has 31 heavy (non-hydrogen) atoms. The Balaban J connectivity index is 1.58. The summed E-state index contributed by atoms with van der Waals surface area (Å²) in [6.07, 6.45) is 0.129. The van der Waals surface area contributed by atoms with E-state index < -0.39 is 11.9 Å². The van der Waals surface area contributed by atoms with Crippen LogP contribution in [0.5, 0.6) is 0 Å². The standard InChI is InChI=1S/C22H23N3O5S/c1-12-7-5-6-8-16(12)25-17(26)9-18-24-15(11-31-18)10-30-22(28)20-13(2)19(14(3)23-20)21(27)29-4/h5-8,11,23H,9-10H2,1-4H3,(H,25,26). The smallest absolute Gasteiger partial charge is 0.355 e. The Bertz CT molecular complexity index is 1130. The van der Waals surface area contributed by atoms with Gasteiger partial charge in [-0.25, -0.2) is 14.6 Å². The molecule has 2 N–H and O–H groups in total. The monoisotopic (exact) mass is 441 g/mol. The number of aromatic amines is 1. The van der Waals surface area contributed by atoms with Gasteiger partial charge in [0.1, 0.15) is 17.3 Å². The molecule has 0 saturated heterocycles. The van der Waals surface area contributed by atoms with Gasteiger partial charge in [0.15, 0.2) is 0 Å². The van der Waals surface area contributed by atoms with Gasteiger partial charge in [0.2, 0.25) is 5.91 Å². The molecule has 8 nitrogen and oxygen atoms in total. The highest BCUT2D eigenvalue weighted by Gasteiger charge is 2.23. The molecule has 9 heteroatoms. The largest absolute Gasteiger partial charge is 0.465 e. The molecule has 3 rings (SSSR count). The number of anilines is 1. The van der Waals surface area contributed by atoms with Crippen molar-refractivity contribution in [1.29, 1.82) is 0 Å². The van der Waals surface area contributed by atoms with E-state index >= 15 is 0 Å². The van der Waals surface area contributed by atoms with Crippen molar-refractivity contribution in [3.8, 4) is 0 Å². The maximum Gasteiger partial charge on any atom is 0.355 e. The van der Waals surface area contributed by atoms with E-state index in [9.17, 15) is 14.4 Å². The van der Waals surface area contributed by atoms with Crippen molar-refractivity contribution in [2.45, 2.75) is 33.8 Å². The summed E-state index contributed by atoms with van der Waals surface area (Å²) in [6.45, 7) is 5.22. The van der Waals surface area contributed by atoms with E-state index in [1.807, 2.05) is 31.2 Å². The van der Waals surface area contributed by atoms with E-state index in [-0.39, 0.29) is 24.6 Å². The van der Waals surface area contributed by atoms with Crippen LogP contribution in [0.15, 0.2) is 29.6 Å². The Hall–Kier alpha value is -3.46. The number of carbonyl (C=O) groups excluding carboxylic acids is 3. The normalized spacial score (nSPS) is 10.6. The quantitative estimate of drug-likeness (QED) is 0.541. The number of benzene rings is 1. The highest BCUT2D eigenvalue weighted by Crippen LogP contribution is 2.21. The number of aromatic nitrogens is 2. The van der Waals surface area contributed by atoms with Crippen molar-refractivity contribution in [3.63, 3.8) is 0 Å². The van der Waals surface area contributed by atoms with E-state index in [2.05, 4.69) is 15.3 Å². The predicted molar refractivity (Wildman–Crippen MR) is 116 cm³/mol. The van der Waals surface area contributed by atoms with Gasteiger partial charge in [0.25, 0.3) is 0 Å². The first-order valence-corrected chi connectivity index (χ1v) is 10.4. The molecule has 0 saturated carbocycles. The lowest BCUT2D eigenvalue weighted by molar-refractivity contribution is -0.115. The third-order valence-corrected chi connectivity index (χ3v) is 5.61. The number of para-hydroxylation sites is 1. The molecular formula is C22H23N3O5S. The molecule has 0 fully saturated rings. The van der Waals surface area contributed by atoms with Crippen LogP contribution in [0.1, 0.15) is 48.4 Å². The second-order valence-electron chi connectivity index (χ2n) is 6.97. The number of hydrogen-bond acceptors (Lipinski definition) is 7. The van der Waals surface area contributed by atoms with Crippen LogP contribution >= 0.6 is 11.3 Å². The first kappa shape index (κ1) is 22.2. The number of nitrogens with one attached hydrogen (secondary N) is 2. The number of rotatable bonds is 7. The molecule has 3 aromatic rings. The van der Waals surface area contributed by atoms with E-state index in [0.29, 0.717) is 27.5 Å². The van der Waals surface area contributed by atoms with Gasteiger partial charge >= 0.3 is 11.9 Å². The number of hydrogen-bond donors (Lipinski definition) is 2. The van der Waals surface area contributed by atoms with E-state index in [0.717, 1.165) is 11.3 Å². The van der Waals surface area contributed by atoms with Gasteiger partial charge in [-0.1, -0.05) is 18.2 Å². The van der Waals surface area contributed by atoms with E-state index in [1.165, 1.54) is 18.4 Å². The first-order chi connectivity index (χ1) is 14.8. The highest BCUT2D eigenvalue weighted by atomic mass is 32.1. The third kappa shape index (κ3) is 5.18. The van der Waals surface area contributed by atoms with Crippen LogP contribution in [-0.4, -0.2) is 34.9 Å². The van der Waals surface area contributed by atoms with Gasteiger partial charge in [0, 0.05) is 16.8 Å². The first-order valence-electron chi connectivity index (χ1n) is 9.53. The minimum atomic E-state index is -0.595. The molecule has 0 unspecified atom stereocenters. The van der Waals surface area contributed by atoms with Crippen molar-refractivity contribution in [2.24, 2.45) is 0 Å². The number of methoxy groups -OCH3 is 1. The van der Waals surface area contributed by atoms with Crippen molar-refractivity contribution in [1.82, 2.24) is 9.97 Å². The molecule has 1 aromatic carbocycles. The third-order valence-electron chi connectivity index (χ3n) is 4.71. The number of aryl methyl sites for hydroxylation is 2. The molecule has 0 aliphatic heterocycles. The minimum Gasteiger partial charge on any atom is -0.465 e. The Kier molecular flexibility index (Phi) is 6.86. The zero-order valence-electron chi connectivity index (χ0n) is 17.7. The number of carbonyl (C=O) groups is 3. The summed E-state index contributed by atoms with van der Waals surface area (Å²) in [5, 5.41) is 5.24. The molecule has 0 bridgehead atoms. The van der Waals surface area contributed by atoms with Crippen LogP contribution in [0, 0.1) is 20.8 Å². The summed E-state index contributed by atoms with van der Waals surface area (Å²) in [5.74, 6) is -1.28. The summed E-state index contributed by atoms with van der Waals surface area (Å²) < 4.78 is 10.1. The molecule has 0 spiro atoms. The zero-order chi connectivity index (χ0) is 22.5. The van der Waals surface area contributed by atoms with Gasteiger partial charge in [-0.2, -0.15) is 0 Å². The van der Waals surface area contributed by atoms with Crippen LogP contribution in [0.25, 0.3) is 0 Å². The molecule has 162 valence electrons. The average molecular weight is 442 g/mol. The Labute approximate surface area is 183 Å². The van der Waals surface area contributed by atoms with Gasteiger partial charge in [-0.15, -0.1) is 11.3 Å². The number of amides is 1. The predicted octanol–water partition coefficient (Wildman–Crippen LogP) is 3.72. The number of nitrogens with zero attached hydrogens (tertiary/aromatic N) is 1. The highest BCUT2D eigenvalue weighted by molar-refractivity contribution is 7.09. The summed E-state index contributed by atoms with van der Waals surface area (Å²) in [4.78, 5) is 43.8. The number of thiazole rings is 1. The maximum absolute atomic E-state index is 12.4. The fourth-order valence-corrected chi connectivity index (χ4v) is 3.89. The topological polar surface area (TPSA) is 110 Å². The van der Waals surface area contributed by atoms with Crippen LogP contribution in [0.4, 0.5) is 5.69 Å². The zero-order valence-corrected chi connectivity index (χ0v) is 18.5. The van der Waals surface area contributed by atoms with E-state index in [4.69, 9.17) is 9.47 Å². The van der Waals surface area contributed by atoms with Crippen LogP contribution in [0.2, 0.25) is 0 Å². The van der Waals surface area contributed by atoms with E-state index in [1.54, 1.807) is 19.2 Å². The fourth-order valence-electron chi connectivity index (χ4n) is 3.12. The molecule has 2 aromatic heterocycles. The second-order valence-corrected chi connectivity index (χ2v) is 7.91. The maximum atomic E-state index is 12.4. The summed E-state index contributed by atoms with van der Waals surface area (Å²) in [5.41, 5.74) is 3.82. The van der Waals surface area contributed by atoms with Crippen molar-refractivity contribution < 1.29 is 23.9 Å². The molecular weight excluding hydrogens is 418 g/mol. The lowest BCUT2D eigenvalue weighted by Gasteiger charge is -2.06. The Morgan fingerprint density at radius 3 is 2.58 bits per heavy atom. The van der Waals surface area contributed by atoms with Gasteiger partial charge in [0.05, 0.1) is 24.8 Å². The van der Waals surface area contributed by atoms with Crippen molar-refractivity contribution in [2.75, 3.05) is 12.4 Å². The van der Waals surface area contributed by atoms with Gasteiger partial charge in [-0.05, 0) is 38.0 Å². The molecule has 1 amide bonds. The van der Waals surface area contributed by atoms with Gasteiger partial charge < -0.3 is 19.8 Å². The Morgan fingerprint density at radius 2 is 1.87 bits per heavy atom. The summed E-state index contributed by atoms with van der Waals surface area (Å²) >= 11 is 1.32. The summed E-state index contributed by atoms with van der Waals surface area (Å²) in [6, 6.07) is 7.54. The van der Waals surface area contributed by atoms with Gasteiger partial charge in [-0.3, -0.25) is 4.79 Å². The number of esters is 2. The fraction of sp³-hybridized carbons (Fsp3) is 0.273. The van der Waals surface area contributed by atoms with Crippen LogP contribution < -0.4 is 5.32 Å². The lowest BCUT2D eigenvalue weighted by Crippen LogP contribution is -2.15. The summed E-state index contributed by atoms with van der Waals surface area (Å²) in [7, 11) is 1.29. The molecule has 0 radical (unpaired) electrons. The molecule has 0 aliphatic rings. The van der Waals surface area contributed by atoms with Crippen LogP contribution in [-0.2, 0) is 27.3 Å². The lowest BCUT2D eigenvalue weighted by atomic mass is 10.1. The van der Waals surface area contributed by atoms with Crippen molar-refractivity contribution >= 4 is 34.9 Å². The molecule has 0 aliphatic carbocycles. The SMILES string of the molecule is COC(=O)c1c(C)[nH]c(C(=O)OCc2csc(CC(=O)Nc3ccccc3C)n2)c1C. The second kappa shape index (κ2) is 9.57. The van der Waals surface area contributed by atoms with Crippen LogP contribution in [0.3, 0.4) is 0 Å².